The number of hydrogen-bond acceptors (Lipinski definition) is 1. The lowest BCUT2D eigenvalue weighted by molar-refractivity contribution is 0.101. The van der Waals surface area contributed by atoms with Crippen molar-refractivity contribution in [2.24, 2.45) is 0 Å². The van der Waals surface area contributed by atoms with Gasteiger partial charge in [-0.1, -0.05) is 30.3 Å². The van der Waals surface area contributed by atoms with Crippen molar-refractivity contribution in [2.45, 2.75) is 13.5 Å². The molecular weight excluding hydrogens is 394 g/mol. The molecule has 2 aromatic carbocycles. The predicted molar refractivity (Wildman–Crippen MR) is 92.9 cm³/mol. The molecule has 106 valence electrons. The molecule has 0 radical (unpaired) electrons. The SMILES string of the molecule is CC(=O)c1cn(Cc2ccccc2)c2cc(Br)c(Br)cc12. The van der Waals surface area contributed by atoms with E-state index >= 15 is 0 Å². The lowest BCUT2D eigenvalue weighted by atomic mass is 10.1. The molecule has 0 aliphatic rings. The van der Waals surface area contributed by atoms with Gasteiger partial charge < -0.3 is 4.57 Å². The summed E-state index contributed by atoms with van der Waals surface area (Å²) in [5.41, 5.74) is 3.02. The van der Waals surface area contributed by atoms with Crippen LogP contribution in [0.4, 0.5) is 0 Å². The van der Waals surface area contributed by atoms with E-state index in [4.69, 9.17) is 0 Å². The third kappa shape index (κ3) is 2.83. The third-order valence-corrected chi connectivity index (χ3v) is 5.34. The minimum Gasteiger partial charge on any atom is -0.342 e. The first kappa shape index (κ1) is 14.5. The molecule has 3 rings (SSSR count). The van der Waals surface area contributed by atoms with Crippen molar-refractivity contribution in [3.05, 3.63) is 68.7 Å². The Morgan fingerprint density at radius 2 is 1.76 bits per heavy atom. The number of carbonyl (C=O) groups excluding carboxylic acids is 1. The number of carbonyl (C=O) groups is 1. The maximum absolute atomic E-state index is 11.9. The highest BCUT2D eigenvalue weighted by atomic mass is 79.9. The molecule has 0 amide bonds. The van der Waals surface area contributed by atoms with Gasteiger partial charge in [0.05, 0.1) is 5.52 Å². The molecular formula is C17H13Br2NO. The van der Waals surface area contributed by atoms with Gasteiger partial charge in [0.25, 0.3) is 0 Å². The maximum atomic E-state index is 11.9. The summed E-state index contributed by atoms with van der Waals surface area (Å²) in [4.78, 5) is 11.9. The lowest BCUT2D eigenvalue weighted by Crippen LogP contribution is -1.98. The summed E-state index contributed by atoms with van der Waals surface area (Å²) in [6.07, 6.45) is 1.94. The van der Waals surface area contributed by atoms with E-state index in [2.05, 4.69) is 54.6 Å². The van der Waals surface area contributed by atoms with Crippen LogP contribution in [-0.2, 0) is 6.54 Å². The smallest absolute Gasteiger partial charge is 0.161 e. The van der Waals surface area contributed by atoms with Crippen molar-refractivity contribution in [1.82, 2.24) is 4.57 Å². The molecule has 4 heteroatoms. The predicted octanol–water partition coefficient (Wildman–Crippen LogP) is 5.42. The highest BCUT2D eigenvalue weighted by Gasteiger charge is 2.14. The summed E-state index contributed by atoms with van der Waals surface area (Å²) in [5.74, 6) is 0.0843. The second-order valence-electron chi connectivity index (χ2n) is 5.00. The summed E-state index contributed by atoms with van der Waals surface area (Å²) < 4.78 is 4.06. The van der Waals surface area contributed by atoms with E-state index < -0.39 is 0 Å². The van der Waals surface area contributed by atoms with Gasteiger partial charge in [0.15, 0.2) is 5.78 Å². The van der Waals surface area contributed by atoms with Gasteiger partial charge in [0.2, 0.25) is 0 Å². The van der Waals surface area contributed by atoms with Crippen LogP contribution in [0.25, 0.3) is 10.9 Å². The van der Waals surface area contributed by atoms with Crippen molar-refractivity contribution in [1.29, 1.82) is 0 Å². The van der Waals surface area contributed by atoms with Crippen molar-refractivity contribution in [2.75, 3.05) is 0 Å². The van der Waals surface area contributed by atoms with Crippen LogP contribution in [0.3, 0.4) is 0 Å². The van der Waals surface area contributed by atoms with Crippen molar-refractivity contribution in [3.8, 4) is 0 Å². The Labute approximate surface area is 140 Å². The molecule has 2 nitrogen and oxygen atoms in total. The van der Waals surface area contributed by atoms with Crippen LogP contribution in [0.5, 0.6) is 0 Å². The maximum Gasteiger partial charge on any atom is 0.161 e. The number of hydrogen-bond donors (Lipinski definition) is 0. The topological polar surface area (TPSA) is 22.0 Å². The fourth-order valence-electron chi connectivity index (χ4n) is 2.48. The number of ketones is 1. The summed E-state index contributed by atoms with van der Waals surface area (Å²) in [6, 6.07) is 14.3. The van der Waals surface area contributed by atoms with Gasteiger partial charge in [0, 0.05) is 32.6 Å². The van der Waals surface area contributed by atoms with Crippen LogP contribution in [-0.4, -0.2) is 10.4 Å². The number of benzene rings is 2. The molecule has 3 aromatic rings. The van der Waals surface area contributed by atoms with E-state index in [0.717, 1.165) is 32.0 Å². The molecule has 0 N–H and O–H groups in total. The number of Topliss-reactive ketones (excluding diaryl/α,β-unsaturated/α-hetero) is 1. The Morgan fingerprint density at radius 3 is 2.43 bits per heavy atom. The standard InChI is InChI=1S/C17H13Br2NO/c1-11(21)14-10-20(9-12-5-3-2-4-6-12)17-8-16(19)15(18)7-13(14)17/h2-8,10H,9H2,1H3. The molecule has 1 aromatic heterocycles. The van der Waals surface area contributed by atoms with Gasteiger partial charge in [-0.25, -0.2) is 0 Å². The van der Waals surface area contributed by atoms with E-state index in [0.29, 0.717) is 0 Å². The van der Waals surface area contributed by atoms with Crippen LogP contribution in [0.2, 0.25) is 0 Å². The van der Waals surface area contributed by atoms with Crippen LogP contribution >= 0.6 is 31.9 Å². The number of rotatable bonds is 3. The van der Waals surface area contributed by atoms with Crippen molar-refractivity contribution >= 4 is 48.5 Å². The third-order valence-electron chi connectivity index (χ3n) is 3.50. The van der Waals surface area contributed by atoms with Crippen LogP contribution in [0.1, 0.15) is 22.8 Å². The van der Waals surface area contributed by atoms with Gasteiger partial charge >= 0.3 is 0 Å². The van der Waals surface area contributed by atoms with Crippen molar-refractivity contribution in [3.63, 3.8) is 0 Å². The Kier molecular flexibility index (Phi) is 4.00. The molecule has 0 unspecified atom stereocenters. The second kappa shape index (κ2) is 5.78. The highest BCUT2D eigenvalue weighted by Crippen LogP contribution is 2.32. The molecule has 21 heavy (non-hydrogen) atoms. The average molecular weight is 407 g/mol. The molecule has 0 atom stereocenters. The van der Waals surface area contributed by atoms with E-state index in [9.17, 15) is 4.79 Å². The Morgan fingerprint density at radius 1 is 1.10 bits per heavy atom. The van der Waals surface area contributed by atoms with Crippen LogP contribution in [0, 0.1) is 0 Å². The van der Waals surface area contributed by atoms with Gasteiger partial charge in [-0.15, -0.1) is 0 Å². The molecule has 0 bridgehead atoms. The number of halogens is 2. The van der Waals surface area contributed by atoms with Crippen LogP contribution < -0.4 is 0 Å². The Hall–Kier alpha value is -1.39. The average Bonchev–Trinajstić information content (AvgIpc) is 2.79. The Balaban J connectivity index is 2.18. The molecule has 1 heterocycles. The van der Waals surface area contributed by atoms with Gasteiger partial charge in [-0.3, -0.25) is 4.79 Å². The van der Waals surface area contributed by atoms with Crippen molar-refractivity contribution < 1.29 is 4.79 Å². The molecule has 0 spiro atoms. The summed E-state index contributed by atoms with van der Waals surface area (Å²) in [5, 5.41) is 0.980. The molecule has 0 fully saturated rings. The first-order valence-corrected chi connectivity index (χ1v) is 8.17. The number of aromatic nitrogens is 1. The van der Waals surface area contributed by atoms with E-state index in [-0.39, 0.29) is 5.78 Å². The summed E-state index contributed by atoms with van der Waals surface area (Å²) >= 11 is 7.05. The van der Waals surface area contributed by atoms with E-state index in [1.807, 2.05) is 30.5 Å². The van der Waals surface area contributed by atoms with E-state index in [1.165, 1.54) is 5.56 Å². The first-order chi connectivity index (χ1) is 10.1. The molecule has 0 aliphatic carbocycles. The van der Waals surface area contributed by atoms with Gasteiger partial charge in [-0.05, 0) is 56.5 Å². The molecule has 0 saturated heterocycles. The summed E-state index contributed by atoms with van der Waals surface area (Å²) in [7, 11) is 0. The fourth-order valence-corrected chi connectivity index (χ4v) is 3.15. The summed E-state index contributed by atoms with van der Waals surface area (Å²) in [6.45, 7) is 2.36. The number of nitrogens with zero attached hydrogens (tertiary/aromatic N) is 1. The number of fused-ring (bicyclic) bond motifs is 1. The minimum atomic E-state index is 0.0843. The Bertz CT molecular complexity index is 822. The zero-order valence-corrected chi connectivity index (χ0v) is 14.6. The quantitative estimate of drug-likeness (QED) is 0.532. The molecule has 0 aliphatic heterocycles. The highest BCUT2D eigenvalue weighted by molar-refractivity contribution is 9.13. The van der Waals surface area contributed by atoms with Gasteiger partial charge in [-0.2, -0.15) is 0 Å². The normalized spacial score (nSPS) is 11.0. The molecule has 0 saturated carbocycles. The second-order valence-corrected chi connectivity index (χ2v) is 6.70. The largest absolute Gasteiger partial charge is 0.342 e. The monoisotopic (exact) mass is 405 g/mol. The fraction of sp³-hybridized carbons (Fsp3) is 0.118. The zero-order valence-electron chi connectivity index (χ0n) is 11.4. The van der Waals surface area contributed by atoms with E-state index in [1.54, 1.807) is 6.92 Å². The zero-order chi connectivity index (χ0) is 15.0. The lowest BCUT2D eigenvalue weighted by Gasteiger charge is -2.06. The van der Waals surface area contributed by atoms with Crippen LogP contribution in [0.15, 0.2) is 57.6 Å². The first-order valence-electron chi connectivity index (χ1n) is 6.59. The minimum absolute atomic E-state index is 0.0843. The van der Waals surface area contributed by atoms with Gasteiger partial charge in [0.1, 0.15) is 0 Å².